The molecule has 1 aromatic carbocycles. The summed E-state index contributed by atoms with van der Waals surface area (Å²) in [6, 6.07) is 62.5. The van der Waals surface area contributed by atoms with E-state index in [2.05, 4.69) is 320 Å². The van der Waals surface area contributed by atoms with Crippen LogP contribution in [0.4, 0.5) is 0 Å². The molecule has 23 heterocycles. The van der Waals surface area contributed by atoms with Crippen LogP contribution in [0.15, 0.2) is 256 Å². The smallest absolute Gasteiger partial charge is 0.198 e. The van der Waals surface area contributed by atoms with Gasteiger partial charge in [-0.25, -0.2) is 29.9 Å². The lowest BCUT2D eigenvalue weighted by Gasteiger charge is -1.98. The number of nitrogens with one attached hydrogen (secondary N) is 1. The highest BCUT2D eigenvalue weighted by Crippen LogP contribution is 2.29. The molecule has 0 aliphatic rings. The van der Waals surface area contributed by atoms with Gasteiger partial charge < -0.3 is 63.4 Å². The highest BCUT2D eigenvalue weighted by Gasteiger charge is 2.16. The van der Waals surface area contributed by atoms with Crippen molar-refractivity contribution < 1.29 is 0 Å². The largest absolute Gasteiger partial charge is 0.352 e. The molecule has 0 radical (unpaired) electrons. The summed E-state index contributed by atoms with van der Waals surface area (Å²) in [4.78, 5) is 30.2. The molecule has 0 aliphatic carbocycles. The lowest BCUT2D eigenvalue weighted by molar-refractivity contribution is 0.864. The van der Waals surface area contributed by atoms with E-state index in [1.54, 1.807) is 0 Å². The number of aromatic nitrogens is 22. The maximum Gasteiger partial charge on any atom is 0.198 e. The molecule has 0 atom stereocenters. The van der Waals surface area contributed by atoms with Gasteiger partial charge in [-0.15, -0.1) is 0 Å². The van der Waals surface area contributed by atoms with Gasteiger partial charge in [0.15, 0.2) is 22.6 Å². The number of imidazole rings is 7. The van der Waals surface area contributed by atoms with Crippen molar-refractivity contribution in [3.63, 3.8) is 0 Å². The van der Waals surface area contributed by atoms with E-state index >= 15 is 0 Å². The number of aromatic amines is 1. The lowest BCUT2D eigenvalue weighted by Crippen LogP contribution is -1.95. The topological polar surface area (TPSA) is 163 Å². The number of hydrogen-bond donors (Lipinski definition) is 1. The quantitative estimate of drug-likeness (QED) is 0.159. The van der Waals surface area contributed by atoms with Gasteiger partial charge >= 0.3 is 0 Å². The fourth-order valence-corrected chi connectivity index (χ4v) is 15.2. The van der Waals surface area contributed by atoms with E-state index < -0.39 is 0 Å². The molecule has 0 unspecified atom stereocenters. The Kier molecular flexibility index (Phi) is 18.6. The van der Waals surface area contributed by atoms with Crippen LogP contribution in [0, 0.1) is 55.4 Å². The van der Waals surface area contributed by atoms with Gasteiger partial charge in [0, 0.05) is 185 Å². The first kappa shape index (κ1) is 72.2. The second kappa shape index (κ2) is 28.8. The third kappa shape index (κ3) is 12.6. The summed E-state index contributed by atoms with van der Waals surface area (Å²) in [6.45, 7) is 16.5. The molecular weight excluding hydrogens is 1390 g/mol. The third-order valence-corrected chi connectivity index (χ3v) is 21.8. The number of benzene rings is 1. The Bertz CT molecular complexity index is 6820. The average Bonchev–Trinajstić information content (AvgIpc) is 1.63. The summed E-state index contributed by atoms with van der Waals surface area (Å²) >= 11 is 0. The number of para-hydroxylation sites is 1. The van der Waals surface area contributed by atoms with E-state index in [9.17, 15) is 0 Å². The molecule has 0 bridgehead atoms. The normalized spacial score (nSPS) is 11.5. The van der Waals surface area contributed by atoms with Crippen LogP contribution < -0.4 is 0 Å². The molecule has 0 saturated heterocycles. The van der Waals surface area contributed by atoms with Crippen LogP contribution in [0.5, 0.6) is 0 Å². The Morgan fingerprint density at radius 2 is 0.893 bits per heavy atom. The van der Waals surface area contributed by atoms with Crippen LogP contribution in [0.25, 0.3) is 133 Å². The summed E-state index contributed by atoms with van der Waals surface area (Å²) in [5.41, 5.74) is 27.8. The molecule has 23 aromatic heterocycles. The predicted octanol–water partition coefficient (Wildman–Crippen LogP) is 18.9. The minimum Gasteiger partial charge on any atom is -0.352 e. The van der Waals surface area contributed by atoms with Gasteiger partial charge in [0.2, 0.25) is 0 Å². The number of aryl methyl sites for hydroxylation is 15. The van der Waals surface area contributed by atoms with Gasteiger partial charge in [-0.1, -0.05) is 68.1 Å². The van der Waals surface area contributed by atoms with Gasteiger partial charge in [-0.3, -0.25) is 8.80 Å². The molecule has 0 amide bonds. The molecule has 0 spiro atoms. The lowest BCUT2D eigenvalue weighted by atomic mass is 10.2. The van der Waals surface area contributed by atoms with Crippen molar-refractivity contribution in [1.29, 1.82) is 0 Å². The van der Waals surface area contributed by atoms with Crippen LogP contribution in [0.1, 0.15) is 53.5 Å². The SMILES string of the molecule is C.Cc1c2c(cc3ccccn32)cn1C.Cc1c2cc3ccccn3c2cn1C.Cc1cc2cc3ccccn3c2[nH]1.Cc1cn2c3ccccc3cc2n1C.Cc1nc2c(cn3ccccc23)n1C.Cc1nc2c(nc3ccccn32)n1C.Cc1nc2cn3ccccc3c2n1C.Cc1nc2nc3ccccn3c2n1C. The van der Waals surface area contributed by atoms with Crippen molar-refractivity contribution in [3.05, 3.63) is 302 Å². The number of hydrogen-bond acceptors (Lipinski definition) is 6. The first-order valence-corrected chi connectivity index (χ1v) is 37.2. The van der Waals surface area contributed by atoms with E-state index in [1.165, 1.54) is 111 Å². The monoisotopic (exact) mass is 1480 g/mol. The van der Waals surface area contributed by atoms with Crippen molar-refractivity contribution in [2.75, 3.05) is 0 Å². The minimum atomic E-state index is 0. The van der Waals surface area contributed by atoms with E-state index in [0.717, 1.165) is 68.2 Å². The summed E-state index contributed by atoms with van der Waals surface area (Å²) in [6.07, 6.45) is 25.1. The van der Waals surface area contributed by atoms with E-state index in [4.69, 9.17) is 0 Å². The molecule has 0 saturated carbocycles. The summed E-state index contributed by atoms with van der Waals surface area (Å²) in [5.74, 6) is 4.09. The third-order valence-electron chi connectivity index (χ3n) is 21.8. The van der Waals surface area contributed by atoms with E-state index in [-0.39, 0.29) is 7.43 Å². The first-order chi connectivity index (χ1) is 53.7. The Morgan fingerprint density at radius 3 is 1.63 bits per heavy atom. The molecular formula is C90H92N22. The molecule has 112 heavy (non-hydrogen) atoms. The highest BCUT2D eigenvalue weighted by atomic mass is 15.2. The summed E-state index contributed by atoms with van der Waals surface area (Å²) < 4.78 is 32.0. The van der Waals surface area contributed by atoms with Gasteiger partial charge in [0.1, 0.15) is 56.9 Å². The van der Waals surface area contributed by atoms with Crippen LogP contribution in [0.2, 0.25) is 0 Å². The predicted molar refractivity (Wildman–Crippen MR) is 458 cm³/mol. The number of rotatable bonds is 0. The molecule has 24 rings (SSSR count). The van der Waals surface area contributed by atoms with Crippen LogP contribution in [0.3, 0.4) is 0 Å². The van der Waals surface area contributed by atoms with Gasteiger partial charge in [0.05, 0.1) is 38.6 Å². The summed E-state index contributed by atoms with van der Waals surface area (Å²) in [7, 11) is 14.4. The molecule has 22 heteroatoms. The Hall–Kier alpha value is -14.0. The number of nitrogens with zero attached hydrogens (tertiary/aromatic N) is 21. The molecule has 24 aromatic rings. The minimum absolute atomic E-state index is 0. The number of H-pyrrole nitrogens is 1. The zero-order valence-electron chi connectivity index (χ0n) is 65.1. The van der Waals surface area contributed by atoms with Crippen molar-refractivity contribution in [2.45, 2.75) is 62.8 Å². The van der Waals surface area contributed by atoms with Crippen molar-refractivity contribution in [2.24, 2.45) is 49.3 Å². The van der Waals surface area contributed by atoms with Crippen molar-refractivity contribution in [3.8, 4) is 0 Å². The zero-order valence-corrected chi connectivity index (χ0v) is 65.1. The maximum absolute atomic E-state index is 4.54. The maximum atomic E-state index is 4.54. The molecule has 0 fully saturated rings. The second-order valence-electron chi connectivity index (χ2n) is 28.7. The standard InChI is InChI=1S/3C12H12N2.2C11H11N3.C11H10N2.2C10H10N4.CH4/c1-9-12-10(8-13(9)2)7-11-5-3-4-6-14(11)12;1-9-11-7-10-5-3-4-6-14(10)12(11)8-13(9)2;1-9-8-14-11-6-4-3-5-10(11)7-12(14)13(9)2;1-8-12-9-7-14-6-4-3-5-10(14)11(9)13(8)2;1-8-12-11-9-5-3-4-6-14(9)7-10(11)13(8)2;1-8-6-9-7-10-4-2-3-5-13(10)11(9)12-8;1-7-11-10-9(13(7)2)12-8-5-3-4-6-14(8)10;1-7-11-9-10(13(7)2)14-6-4-3-5-8(14)12-9;/h3*3-8H,1-2H3;2*3-7H,1-2H3;2-7,12H,1H3;2*3-6H,1-2H3;1H4. The first-order valence-electron chi connectivity index (χ1n) is 37.2. The van der Waals surface area contributed by atoms with Crippen LogP contribution in [-0.4, -0.2) is 102 Å². The fraction of sp³-hybridized carbons (Fsp3) is 0.178. The van der Waals surface area contributed by atoms with Crippen LogP contribution in [-0.2, 0) is 49.3 Å². The number of pyridine rings is 7. The molecule has 0 aliphatic heterocycles. The molecule has 1 N–H and O–H groups in total. The Morgan fingerprint density at radius 1 is 0.330 bits per heavy atom. The van der Waals surface area contributed by atoms with Gasteiger partial charge in [-0.2, -0.15) is 0 Å². The molecule has 562 valence electrons. The van der Waals surface area contributed by atoms with E-state index in [1.807, 2.05) is 143 Å². The number of fused-ring (bicyclic) bond motifs is 24. The van der Waals surface area contributed by atoms with E-state index in [0.29, 0.717) is 0 Å². The summed E-state index contributed by atoms with van der Waals surface area (Å²) in [5, 5.41) is 5.25. The van der Waals surface area contributed by atoms with Crippen LogP contribution >= 0.6 is 0 Å². The second-order valence-corrected chi connectivity index (χ2v) is 28.7. The molecule has 22 nitrogen and oxygen atoms in total. The van der Waals surface area contributed by atoms with Gasteiger partial charge in [0.25, 0.3) is 0 Å². The highest BCUT2D eigenvalue weighted by molar-refractivity contribution is 5.95. The van der Waals surface area contributed by atoms with Gasteiger partial charge in [-0.05, 0) is 177 Å². The van der Waals surface area contributed by atoms with Crippen molar-refractivity contribution in [1.82, 2.24) is 102 Å². The van der Waals surface area contributed by atoms with Crippen molar-refractivity contribution >= 4 is 133 Å². The fourth-order valence-electron chi connectivity index (χ4n) is 15.2. The zero-order chi connectivity index (χ0) is 76.8. The Labute approximate surface area is 646 Å². The Balaban J connectivity index is 0.0000000967. The average molecular weight is 1480 g/mol.